The standard InChI is InChI=1S/C22H28N4O3S2/c1-17(27)23-16-20-12-13-22(30-20)31(28,29)26(2)14-8-4-7-11-19-15-21(25-24-19)18-9-5-3-6-10-18/h3,5-6,9-10,12-13,15H,4,7-8,11,14,16H2,1-2H3,(H,23,27)(H,24,25). The van der Waals surface area contributed by atoms with Gasteiger partial charge in [-0.15, -0.1) is 11.3 Å². The molecular weight excluding hydrogens is 432 g/mol. The number of hydrogen-bond donors (Lipinski definition) is 2. The van der Waals surface area contributed by atoms with Gasteiger partial charge in [0, 0.05) is 36.7 Å². The van der Waals surface area contributed by atoms with Crippen molar-refractivity contribution in [1.82, 2.24) is 19.8 Å². The van der Waals surface area contributed by atoms with Crippen molar-refractivity contribution in [2.75, 3.05) is 13.6 Å². The smallest absolute Gasteiger partial charge is 0.252 e. The number of carbonyl (C=O) groups excluding carboxylic acids is 1. The molecule has 0 aliphatic heterocycles. The lowest BCUT2D eigenvalue weighted by Gasteiger charge is -2.15. The van der Waals surface area contributed by atoms with Crippen LogP contribution in [0.5, 0.6) is 0 Å². The highest BCUT2D eigenvalue weighted by atomic mass is 32.2. The molecular formula is C22H28N4O3S2. The fraction of sp³-hybridized carbons (Fsp3) is 0.364. The van der Waals surface area contributed by atoms with Gasteiger partial charge in [0.1, 0.15) is 4.21 Å². The molecule has 2 N–H and O–H groups in total. The minimum Gasteiger partial charge on any atom is -0.351 e. The Morgan fingerprint density at radius 2 is 1.90 bits per heavy atom. The van der Waals surface area contributed by atoms with Crippen molar-refractivity contribution in [3.8, 4) is 11.3 Å². The number of aromatic amines is 1. The third-order valence-electron chi connectivity index (χ3n) is 4.93. The molecule has 0 aliphatic carbocycles. The van der Waals surface area contributed by atoms with Crippen LogP contribution in [0.4, 0.5) is 0 Å². The zero-order valence-electron chi connectivity index (χ0n) is 17.8. The molecule has 0 radical (unpaired) electrons. The highest BCUT2D eigenvalue weighted by molar-refractivity contribution is 7.91. The Kier molecular flexibility index (Phi) is 8.00. The topological polar surface area (TPSA) is 95.2 Å². The summed E-state index contributed by atoms with van der Waals surface area (Å²) in [5, 5.41) is 10.1. The van der Waals surface area contributed by atoms with E-state index >= 15 is 0 Å². The third kappa shape index (κ3) is 6.49. The van der Waals surface area contributed by atoms with Gasteiger partial charge in [-0.3, -0.25) is 9.89 Å². The van der Waals surface area contributed by atoms with E-state index in [1.165, 1.54) is 22.6 Å². The van der Waals surface area contributed by atoms with Crippen LogP contribution in [0.25, 0.3) is 11.3 Å². The Balaban J connectivity index is 1.42. The quantitative estimate of drug-likeness (QED) is 0.426. The van der Waals surface area contributed by atoms with E-state index in [1.54, 1.807) is 19.2 Å². The molecule has 1 amide bonds. The summed E-state index contributed by atoms with van der Waals surface area (Å²) in [5.41, 5.74) is 3.12. The number of hydrogen-bond acceptors (Lipinski definition) is 5. The second-order valence-corrected chi connectivity index (χ2v) is 10.9. The Bertz CT molecular complexity index is 1090. The van der Waals surface area contributed by atoms with Crippen molar-refractivity contribution in [2.24, 2.45) is 0 Å². The second-order valence-electron chi connectivity index (χ2n) is 7.41. The molecule has 31 heavy (non-hydrogen) atoms. The van der Waals surface area contributed by atoms with Crippen LogP contribution in [0.15, 0.2) is 52.7 Å². The molecule has 0 spiro atoms. The SMILES string of the molecule is CC(=O)NCc1ccc(S(=O)(=O)N(C)CCCCCc2cc(-c3ccccc3)n[nH]2)s1. The Morgan fingerprint density at radius 3 is 2.65 bits per heavy atom. The average molecular weight is 461 g/mol. The number of rotatable bonds is 11. The summed E-state index contributed by atoms with van der Waals surface area (Å²) in [5.74, 6) is -0.138. The van der Waals surface area contributed by atoms with E-state index < -0.39 is 10.0 Å². The number of unbranched alkanes of at least 4 members (excludes halogenated alkanes) is 2. The first-order chi connectivity index (χ1) is 14.9. The van der Waals surface area contributed by atoms with E-state index in [0.29, 0.717) is 17.3 Å². The number of carbonyl (C=O) groups is 1. The van der Waals surface area contributed by atoms with Crippen LogP contribution in [-0.4, -0.2) is 42.4 Å². The number of thiophene rings is 1. The summed E-state index contributed by atoms with van der Waals surface area (Å²) in [7, 11) is -1.89. The summed E-state index contributed by atoms with van der Waals surface area (Å²) in [6, 6.07) is 15.5. The first-order valence-corrected chi connectivity index (χ1v) is 12.5. The molecule has 0 atom stereocenters. The van der Waals surface area contributed by atoms with Gasteiger partial charge in [-0.05, 0) is 37.5 Å². The fourth-order valence-corrected chi connectivity index (χ4v) is 5.87. The number of benzene rings is 1. The first-order valence-electron chi connectivity index (χ1n) is 10.3. The van der Waals surface area contributed by atoms with E-state index in [2.05, 4.69) is 21.6 Å². The van der Waals surface area contributed by atoms with Crippen LogP contribution in [-0.2, 0) is 27.8 Å². The molecule has 166 valence electrons. The minimum absolute atomic E-state index is 0.138. The summed E-state index contributed by atoms with van der Waals surface area (Å²) < 4.78 is 27.2. The lowest BCUT2D eigenvalue weighted by atomic mass is 10.1. The van der Waals surface area contributed by atoms with Crippen molar-refractivity contribution in [1.29, 1.82) is 0 Å². The van der Waals surface area contributed by atoms with E-state index in [9.17, 15) is 13.2 Å². The van der Waals surface area contributed by atoms with Gasteiger partial charge in [0.05, 0.1) is 12.2 Å². The molecule has 1 aromatic carbocycles. The lowest BCUT2D eigenvalue weighted by Crippen LogP contribution is -2.27. The molecule has 2 aromatic heterocycles. The van der Waals surface area contributed by atoms with E-state index in [0.717, 1.165) is 47.5 Å². The molecule has 7 nitrogen and oxygen atoms in total. The van der Waals surface area contributed by atoms with Gasteiger partial charge in [0.25, 0.3) is 10.0 Å². The van der Waals surface area contributed by atoms with Crippen molar-refractivity contribution < 1.29 is 13.2 Å². The molecule has 2 heterocycles. The molecule has 0 saturated heterocycles. The van der Waals surface area contributed by atoms with E-state index in [1.807, 2.05) is 30.3 Å². The van der Waals surface area contributed by atoms with Crippen LogP contribution in [0.2, 0.25) is 0 Å². The molecule has 0 fully saturated rings. The van der Waals surface area contributed by atoms with Gasteiger partial charge < -0.3 is 5.32 Å². The van der Waals surface area contributed by atoms with Crippen LogP contribution >= 0.6 is 11.3 Å². The van der Waals surface area contributed by atoms with Crippen LogP contribution in [0.1, 0.15) is 36.8 Å². The number of H-pyrrole nitrogens is 1. The molecule has 3 rings (SSSR count). The molecule has 9 heteroatoms. The highest BCUT2D eigenvalue weighted by Crippen LogP contribution is 2.24. The zero-order valence-corrected chi connectivity index (χ0v) is 19.4. The molecule has 0 bridgehead atoms. The zero-order chi connectivity index (χ0) is 22.3. The maximum absolute atomic E-state index is 12.7. The Labute approximate surface area is 187 Å². The predicted molar refractivity (Wildman–Crippen MR) is 123 cm³/mol. The molecule has 0 aliphatic rings. The number of sulfonamides is 1. The van der Waals surface area contributed by atoms with Gasteiger partial charge in [-0.2, -0.15) is 5.10 Å². The Hall–Kier alpha value is -2.49. The number of aromatic nitrogens is 2. The number of nitrogens with zero attached hydrogens (tertiary/aromatic N) is 2. The van der Waals surface area contributed by atoms with Crippen LogP contribution in [0.3, 0.4) is 0 Å². The van der Waals surface area contributed by atoms with Gasteiger partial charge >= 0.3 is 0 Å². The van der Waals surface area contributed by atoms with Crippen molar-refractivity contribution >= 4 is 27.3 Å². The summed E-state index contributed by atoms with van der Waals surface area (Å²) in [4.78, 5) is 11.8. The monoisotopic (exact) mass is 460 g/mol. The molecule has 3 aromatic rings. The largest absolute Gasteiger partial charge is 0.351 e. The van der Waals surface area contributed by atoms with Crippen LogP contribution < -0.4 is 5.32 Å². The van der Waals surface area contributed by atoms with Gasteiger partial charge in [0.2, 0.25) is 5.91 Å². The van der Waals surface area contributed by atoms with Crippen molar-refractivity contribution in [3.05, 3.63) is 59.1 Å². The van der Waals surface area contributed by atoms with Gasteiger partial charge in [-0.1, -0.05) is 36.8 Å². The minimum atomic E-state index is -3.50. The average Bonchev–Trinajstić information content (AvgIpc) is 3.42. The van der Waals surface area contributed by atoms with Gasteiger partial charge in [0.15, 0.2) is 0 Å². The molecule has 0 unspecified atom stereocenters. The van der Waals surface area contributed by atoms with Crippen LogP contribution in [0, 0.1) is 0 Å². The van der Waals surface area contributed by atoms with E-state index in [4.69, 9.17) is 0 Å². The number of amides is 1. The lowest BCUT2D eigenvalue weighted by molar-refractivity contribution is -0.119. The fourth-order valence-electron chi connectivity index (χ4n) is 3.15. The predicted octanol–water partition coefficient (Wildman–Crippen LogP) is 3.81. The first kappa shape index (κ1) is 23.2. The Morgan fingerprint density at radius 1 is 1.13 bits per heavy atom. The van der Waals surface area contributed by atoms with Crippen molar-refractivity contribution in [2.45, 2.75) is 43.4 Å². The molecule has 0 saturated carbocycles. The maximum atomic E-state index is 12.7. The summed E-state index contributed by atoms with van der Waals surface area (Å²) in [6.45, 7) is 2.26. The maximum Gasteiger partial charge on any atom is 0.252 e. The van der Waals surface area contributed by atoms with Gasteiger partial charge in [-0.25, -0.2) is 12.7 Å². The summed E-state index contributed by atoms with van der Waals surface area (Å²) in [6.07, 6.45) is 3.56. The normalized spacial score (nSPS) is 11.7. The second kappa shape index (κ2) is 10.7. The van der Waals surface area contributed by atoms with Crippen molar-refractivity contribution in [3.63, 3.8) is 0 Å². The number of nitrogens with one attached hydrogen (secondary N) is 2. The van der Waals surface area contributed by atoms with E-state index in [-0.39, 0.29) is 5.91 Å². The highest BCUT2D eigenvalue weighted by Gasteiger charge is 2.22. The summed E-state index contributed by atoms with van der Waals surface area (Å²) >= 11 is 1.20. The third-order valence-corrected chi connectivity index (χ3v) is 8.34. The number of aryl methyl sites for hydroxylation is 1.